The van der Waals surface area contributed by atoms with E-state index >= 15 is 0 Å². The molecule has 0 spiro atoms. The molecule has 11 heavy (non-hydrogen) atoms. The maximum absolute atomic E-state index is 2.45. The molecule has 1 rings (SSSR count). The first-order valence-electron chi connectivity index (χ1n) is 4.07. The normalized spacial score (nSPS) is 11.6. The Bertz CT molecular complexity index is 245. The molecule has 0 aliphatic carbocycles. The van der Waals surface area contributed by atoms with Crippen molar-refractivity contribution in [3.05, 3.63) is 29.8 Å². The molecule has 1 aromatic carbocycles. The molecule has 0 radical (unpaired) electrons. The van der Waals surface area contributed by atoms with Crippen LogP contribution in [0.3, 0.4) is 0 Å². The van der Waals surface area contributed by atoms with E-state index in [1.807, 2.05) is 0 Å². The summed E-state index contributed by atoms with van der Waals surface area (Å²) in [5.41, 5.74) is 1.40. The third kappa shape index (κ3) is 2.51. The maximum atomic E-state index is 2.45. The van der Waals surface area contributed by atoms with Gasteiger partial charge in [-0.05, 0) is 0 Å². The van der Waals surface area contributed by atoms with Crippen molar-refractivity contribution in [2.24, 2.45) is 0 Å². The van der Waals surface area contributed by atoms with Gasteiger partial charge in [-0.3, -0.25) is 0 Å². The molecule has 0 nitrogen and oxygen atoms in total. The summed E-state index contributed by atoms with van der Waals surface area (Å²) in [5, 5.41) is 0. The molecule has 0 amide bonds. The van der Waals surface area contributed by atoms with Gasteiger partial charge in [-0.2, -0.15) is 0 Å². The average Bonchev–Trinajstić information content (AvgIpc) is 1.86. The minimum absolute atomic E-state index is 1.40. The Morgan fingerprint density at radius 3 is 2.09 bits per heavy atom. The van der Waals surface area contributed by atoms with E-state index in [1.54, 1.807) is 3.58 Å². The predicted octanol–water partition coefficient (Wildman–Crippen LogP) is 2.54. The van der Waals surface area contributed by atoms with Crippen LogP contribution in [0.1, 0.15) is 5.56 Å². The van der Waals surface area contributed by atoms with Crippen molar-refractivity contribution in [2.45, 2.75) is 21.7 Å². The molecule has 1 aromatic rings. The molecule has 0 unspecified atom stereocenters. The SMILES string of the molecule is Cc1ccc[c]([Sn]([CH3])([CH3])[CH3])c1. The van der Waals surface area contributed by atoms with Crippen molar-refractivity contribution >= 4 is 22.0 Å². The standard InChI is InChI=1S/C7H7.3CH3.Sn/c1-7-5-3-2-4-6-7;;;;/h2-3,5-6H,1H3;3*1H3;. The van der Waals surface area contributed by atoms with Crippen LogP contribution < -0.4 is 3.58 Å². The zero-order valence-electron chi connectivity index (χ0n) is 7.81. The van der Waals surface area contributed by atoms with Gasteiger partial charge in [0.2, 0.25) is 0 Å². The third-order valence-corrected chi connectivity index (χ3v) is 7.72. The van der Waals surface area contributed by atoms with Crippen LogP contribution >= 0.6 is 0 Å². The van der Waals surface area contributed by atoms with Crippen molar-refractivity contribution in [2.75, 3.05) is 0 Å². The van der Waals surface area contributed by atoms with Crippen LogP contribution in [-0.2, 0) is 0 Å². The van der Waals surface area contributed by atoms with Gasteiger partial charge in [-0.25, -0.2) is 0 Å². The van der Waals surface area contributed by atoms with E-state index in [0.29, 0.717) is 0 Å². The van der Waals surface area contributed by atoms with Crippen molar-refractivity contribution < 1.29 is 0 Å². The van der Waals surface area contributed by atoms with E-state index in [1.165, 1.54) is 5.56 Å². The fourth-order valence-corrected chi connectivity index (χ4v) is 4.70. The summed E-state index contributed by atoms with van der Waals surface area (Å²) in [6.45, 7) is 2.17. The van der Waals surface area contributed by atoms with Gasteiger partial charge in [0.25, 0.3) is 0 Å². The Hall–Kier alpha value is 0.0187. The molecule has 60 valence electrons. The van der Waals surface area contributed by atoms with Gasteiger partial charge >= 0.3 is 73.5 Å². The molecule has 0 saturated heterocycles. The molecule has 0 saturated carbocycles. The summed E-state index contributed by atoms with van der Waals surface area (Å²) < 4.78 is 1.62. The van der Waals surface area contributed by atoms with E-state index in [2.05, 4.69) is 46.0 Å². The summed E-state index contributed by atoms with van der Waals surface area (Å²) in [6.07, 6.45) is 0. The fourth-order valence-electron chi connectivity index (χ4n) is 1.11. The Morgan fingerprint density at radius 2 is 1.73 bits per heavy atom. The first kappa shape index (κ1) is 9.11. The predicted molar refractivity (Wildman–Crippen MR) is 54.2 cm³/mol. The minimum atomic E-state index is -1.76. The zero-order valence-corrected chi connectivity index (χ0v) is 10.7. The summed E-state index contributed by atoms with van der Waals surface area (Å²) in [7, 11) is 0. The van der Waals surface area contributed by atoms with E-state index in [4.69, 9.17) is 0 Å². The first-order valence-corrected chi connectivity index (χ1v) is 14.1. The van der Waals surface area contributed by atoms with E-state index < -0.39 is 18.4 Å². The van der Waals surface area contributed by atoms with Gasteiger partial charge in [0.15, 0.2) is 0 Å². The molecule has 0 atom stereocenters. The number of aryl methyl sites for hydroxylation is 1. The summed E-state index contributed by atoms with van der Waals surface area (Å²) in [5.74, 6) is 0. The second kappa shape index (κ2) is 3.18. The van der Waals surface area contributed by atoms with Crippen LogP contribution in [0.4, 0.5) is 0 Å². The van der Waals surface area contributed by atoms with E-state index in [9.17, 15) is 0 Å². The fraction of sp³-hybridized carbons (Fsp3) is 0.400. The van der Waals surface area contributed by atoms with Gasteiger partial charge in [-0.1, -0.05) is 0 Å². The van der Waals surface area contributed by atoms with Crippen LogP contribution in [0.2, 0.25) is 14.8 Å². The van der Waals surface area contributed by atoms with Gasteiger partial charge in [0, 0.05) is 0 Å². The van der Waals surface area contributed by atoms with E-state index in [0.717, 1.165) is 0 Å². The van der Waals surface area contributed by atoms with Crippen LogP contribution in [0.25, 0.3) is 0 Å². The van der Waals surface area contributed by atoms with Crippen LogP contribution in [0.5, 0.6) is 0 Å². The van der Waals surface area contributed by atoms with Crippen LogP contribution in [0.15, 0.2) is 24.3 Å². The molecular weight excluding hydrogens is 239 g/mol. The third-order valence-electron chi connectivity index (χ3n) is 1.88. The summed E-state index contributed by atoms with van der Waals surface area (Å²) in [4.78, 5) is 7.34. The van der Waals surface area contributed by atoms with Gasteiger partial charge in [0.1, 0.15) is 0 Å². The summed E-state index contributed by atoms with van der Waals surface area (Å²) >= 11 is -1.76. The Kier molecular flexibility index (Phi) is 2.63. The molecule has 0 N–H and O–H groups in total. The quantitative estimate of drug-likeness (QED) is 0.676. The number of rotatable bonds is 1. The Balaban J connectivity index is 3.06. The number of hydrogen-bond donors (Lipinski definition) is 0. The molecule has 0 aliphatic rings. The van der Waals surface area contributed by atoms with Crippen LogP contribution in [-0.4, -0.2) is 18.4 Å². The van der Waals surface area contributed by atoms with Crippen molar-refractivity contribution in [3.8, 4) is 0 Å². The zero-order chi connectivity index (χ0) is 8.48. The molecule has 0 aromatic heterocycles. The molecule has 0 bridgehead atoms. The van der Waals surface area contributed by atoms with Gasteiger partial charge in [0.05, 0.1) is 0 Å². The van der Waals surface area contributed by atoms with Crippen LogP contribution in [0, 0.1) is 6.92 Å². The second-order valence-electron chi connectivity index (χ2n) is 4.12. The molecule has 0 fully saturated rings. The molecular formula is C10H16Sn. The van der Waals surface area contributed by atoms with Crippen molar-refractivity contribution in [1.29, 1.82) is 0 Å². The molecule has 1 heteroatoms. The Morgan fingerprint density at radius 1 is 1.09 bits per heavy atom. The monoisotopic (exact) mass is 256 g/mol. The van der Waals surface area contributed by atoms with Gasteiger partial charge < -0.3 is 0 Å². The van der Waals surface area contributed by atoms with Crippen molar-refractivity contribution in [3.63, 3.8) is 0 Å². The molecule has 0 aliphatic heterocycles. The Labute approximate surface area is 73.5 Å². The van der Waals surface area contributed by atoms with Gasteiger partial charge in [-0.15, -0.1) is 0 Å². The molecule has 0 heterocycles. The number of hydrogen-bond acceptors (Lipinski definition) is 0. The first-order chi connectivity index (χ1) is 5.00. The summed E-state index contributed by atoms with van der Waals surface area (Å²) in [6, 6.07) is 8.97. The topological polar surface area (TPSA) is 0 Å². The van der Waals surface area contributed by atoms with Crippen molar-refractivity contribution in [1.82, 2.24) is 0 Å². The number of benzene rings is 1. The average molecular weight is 255 g/mol. The van der Waals surface area contributed by atoms with E-state index in [-0.39, 0.29) is 0 Å². The second-order valence-corrected chi connectivity index (χ2v) is 18.6.